The molecule has 4 nitrogen and oxygen atoms in total. The molecule has 120 valence electrons. The lowest BCUT2D eigenvalue weighted by Gasteiger charge is -2.09. The van der Waals surface area contributed by atoms with Crippen molar-refractivity contribution >= 4 is 39.3 Å². The normalized spacial score (nSPS) is 10.4. The van der Waals surface area contributed by atoms with Crippen LogP contribution in [0.15, 0.2) is 76.6 Å². The van der Waals surface area contributed by atoms with Crippen LogP contribution in [0.5, 0.6) is 0 Å². The van der Waals surface area contributed by atoms with Crippen molar-refractivity contribution < 1.29 is 4.79 Å². The Bertz CT molecular complexity index is 825. The van der Waals surface area contributed by atoms with Crippen molar-refractivity contribution in [3.63, 3.8) is 0 Å². The third-order valence-electron chi connectivity index (χ3n) is 3.24. The predicted octanol–water partition coefficient (Wildman–Crippen LogP) is 4.78. The van der Waals surface area contributed by atoms with Gasteiger partial charge in [-0.05, 0) is 54.1 Å². The van der Waals surface area contributed by atoms with Crippen LogP contribution in [0.2, 0.25) is 0 Å². The van der Waals surface area contributed by atoms with Crippen LogP contribution < -0.4 is 5.32 Å². The maximum atomic E-state index is 12.5. The summed E-state index contributed by atoms with van der Waals surface area (Å²) in [5.41, 5.74) is 2.46. The highest BCUT2D eigenvalue weighted by Gasteiger charge is 2.13. The molecule has 1 aromatic carbocycles. The fourth-order valence-electron chi connectivity index (χ4n) is 2.04. The quantitative estimate of drug-likeness (QED) is 0.626. The number of carbonyl (C=O) groups is 1. The maximum Gasteiger partial charge on any atom is 0.258 e. The van der Waals surface area contributed by atoms with Crippen LogP contribution in [-0.4, -0.2) is 15.9 Å². The number of nitrogens with zero attached hydrogens (tertiary/aromatic N) is 2. The molecule has 2 aromatic heterocycles. The number of nitrogens with one attached hydrogen (secondary N) is 1. The molecule has 1 amide bonds. The van der Waals surface area contributed by atoms with Gasteiger partial charge >= 0.3 is 0 Å². The van der Waals surface area contributed by atoms with Gasteiger partial charge in [-0.1, -0.05) is 15.9 Å². The third kappa shape index (κ3) is 4.43. The fraction of sp³-hybridized carbons (Fsp3) is 0.0556. The van der Waals surface area contributed by atoms with Crippen LogP contribution >= 0.6 is 27.7 Å². The molecular weight excluding hydrogens is 386 g/mol. The number of amides is 1. The van der Waals surface area contributed by atoms with Crippen LogP contribution in [0.3, 0.4) is 0 Å². The number of hydrogen-bond donors (Lipinski definition) is 1. The smallest absolute Gasteiger partial charge is 0.258 e. The number of thioether (sulfide) groups is 1. The molecule has 3 rings (SSSR count). The molecule has 3 aromatic rings. The summed E-state index contributed by atoms with van der Waals surface area (Å²) in [4.78, 5) is 20.9. The second-order valence-electron chi connectivity index (χ2n) is 4.96. The number of anilines is 1. The first kappa shape index (κ1) is 16.7. The first-order valence-corrected chi connectivity index (χ1v) is 9.04. The second kappa shape index (κ2) is 8.08. The Labute approximate surface area is 152 Å². The van der Waals surface area contributed by atoms with Gasteiger partial charge in [-0.15, -0.1) is 11.8 Å². The van der Waals surface area contributed by atoms with E-state index in [2.05, 4.69) is 31.2 Å². The van der Waals surface area contributed by atoms with Gasteiger partial charge in [0.2, 0.25) is 0 Å². The molecule has 0 unspecified atom stereocenters. The van der Waals surface area contributed by atoms with Gasteiger partial charge in [0.05, 0.1) is 5.56 Å². The number of rotatable bonds is 5. The van der Waals surface area contributed by atoms with Crippen LogP contribution in [0.25, 0.3) is 0 Å². The van der Waals surface area contributed by atoms with Gasteiger partial charge in [0, 0.05) is 34.5 Å². The van der Waals surface area contributed by atoms with Crippen LogP contribution in [-0.2, 0) is 5.75 Å². The van der Waals surface area contributed by atoms with Gasteiger partial charge in [0.25, 0.3) is 5.91 Å². The molecule has 6 heteroatoms. The minimum Gasteiger partial charge on any atom is -0.322 e. The highest BCUT2D eigenvalue weighted by Crippen LogP contribution is 2.25. The van der Waals surface area contributed by atoms with Crippen molar-refractivity contribution in [1.29, 1.82) is 0 Å². The molecule has 2 heterocycles. The molecule has 0 atom stereocenters. The number of aromatic nitrogens is 2. The lowest BCUT2D eigenvalue weighted by atomic mass is 10.2. The molecule has 0 bridgehead atoms. The summed E-state index contributed by atoms with van der Waals surface area (Å²) in [6.07, 6.45) is 5.22. The van der Waals surface area contributed by atoms with Crippen molar-refractivity contribution in [2.24, 2.45) is 0 Å². The molecular formula is C18H14BrN3OS. The van der Waals surface area contributed by atoms with Crippen LogP contribution in [0.4, 0.5) is 5.69 Å². The van der Waals surface area contributed by atoms with Crippen molar-refractivity contribution in [1.82, 2.24) is 9.97 Å². The summed E-state index contributed by atoms with van der Waals surface area (Å²) >= 11 is 4.91. The highest BCUT2D eigenvalue weighted by atomic mass is 79.9. The summed E-state index contributed by atoms with van der Waals surface area (Å²) < 4.78 is 0.968. The molecule has 0 aliphatic rings. The highest BCUT2D eigenvalue weighted by molar-refractivity contribution is 9.10. The Morgan fingerprint density at radius 3 is 2.54 bits per heavy atom. The molecule has 0 saturated carbocycles. The van der Waals surface area contributed by atoms with E-state index in [1.165, 1.54) is 11.8 Å². The lowest BCUT2D eigenvalue weighted by molar-refractivity contribution is 0.102. The zero-order chi connectivity index (χ0) is 16.8. The fourth-order valence-corrected chi connectivity index (χ4v) is 3.25. The SMILES string of the molecule is O=C(Nc1ccc(Br)cc1)c1cccnc1SCc1ccncc1. The Balaban J connectivity index is 1.73. The summed E-state index contributed by atoms with van der Waals surface area (Å²) in [6, 6.07) is 14.9. The zero-order valence-electron chi connectivity index (χ0n) is 12.6. The molecule has 0 aliphatic heterocycles. The van der Waals surface area contributed by atoms with E-state index in [4.69, 9.17) is 0 Å². The topological polar surface area (TPSA) is 54.9 Å². The summed E-state index contributed by atoms with van der Waals surface area (Å²) in [6.45, 7) is 0. The van der Waals surface area contributed by atoms with Crippen molar-refractivity contribution in [3.8, 4) is 0 Å². The summed E-state index contributed by atoms with van der Waals surface area (Å²) in [5.74, 6) is 0.570. The summed E-state index contributed by atoms with van der Waals surface area (Å²) in [5, 5.41) is 3.61. The molecule has 24 heavy (non-hydrogen) atoms. The Kier molecular flexibility index (Phi) is 5.61. The second-order valence-corrected chi connectivity index (χ2v) is 6.84. The van der Waals surface area contributed by atoms with Gasteiger partial charge in [-0.25, -0.2) is 4.98 Å². The van der Waals surface area contributed by atoms with E-state index in [1.807, 2.05) is 36.4 Å². The van der Waals surface area contributed by atoms with Gasteiger partial charge < -0.3 is 5.32 Å². The average molecular weight is 400 g/mol. The average Bonchev–Trinajstić information content (AvgIpc) is 2.63. The van der Waals surface area contributed by atoms with E-state index in [9.17, 15) is 4.79 Å². The van der Waals surface area contributed by atoms with E-state index < -0.39 is 0 Å². The third-order valence-corrected chi connectivity index (χ3v) is 4.85. The van der Waals surface area contributed by atoms with Gasteiger partial charge in [0.1, 0.15) is 5.03 Å². The Morgan fingerprint density at radius 2 is 1.79 bits per heavy atom. The van der Waals surface area contributed by atoms with E-state index >= 15 is 0 Å². The van der Waals surface area contributed by atoms with E-state index in [1.54, 1.807) is 30.7 Å². The molecule has 0 fully saturated rings. The minimum absolute atomic E-state index is 0.164. The molecule has 0 spiro atoms. The predicted molar refractivity (Wildman–Crippen MR) is 100 cm³/mol. The van der Waals surface area contributed by atoms with Crippen molar-refractivity contribution in [2.75, 3.05) is 5.32 Å². The van der Waals surface area contributed by atoms with Crippen LogP contribution in [0, 0.1) is 0 Å². The van der Waals surface area contributed by atoms with E-state index in [0.717, 1.165) is 21.5 Å². The largest absolute Gasteiger partial charge is 0.322 e. The summed E-state index contributed by atoms with van der Waals surface area (Å²) in [7, 11) is 0. The standard InChI is InChI=1S/C18H14BrN3OS/c19-14-3-5-15(6-4-14)22-17(23)16-2-1-9-21-18(16)24-12-13-7-10-20-11-8-13/h1-11H,12H2,(H,22,23). The van der Waals surface area contributed by atoms with E-state index in [0.29, 0.717) is 10.6 Å². The molecule has 0 radical (unpaired) electrons. The van der Waals surface area contributed by atoms with Gasteiger partial charge in [0.15, 0.2) is 0 Å². The monoisotopic (exact) mass is 399 g/mol. The van der Waals surface area contributed by atoms with Crippen molar-refractivity contribution in [3.05, 3.63) is 82.7 Å². The molecule has 0 saturated heterocycles. The number of hydrogen-bond acceptors (Lipinski definition) is 4. The number of carbonyl (C=O) groups excluding carboxylic acids is 1. The first-order valence-electron chi connectivity index (χ1n) is 7.26. The van der Waals surface area contributed by atoms with Crippen LogP contribution in [0.1, 0.15) is 15.9 Å². The minimum atomic E-state index is -0.164. The molecule has 0 aliphatic carbocycles. The lowest BCUT2D eigenvalue weighted by Crippen LogP contribution is -2.13. The van der Waals surface area contributed by atoms with Gasteiger partial charge in [-0.3, -0.25) is 9.78 Å². The van der Waals surface area contributed by atoms with E-state index in [-0.39, 0.29) is 5.91 Å². The molecule has 1 N–H and O–H groups in total. The van der Waals surface area contributed by atoms with Crippen molar-refractivity contribution in [2.45, 2.75) is 10.8 Å². The zero-order valence-corrected chi connectivity index (χ0v) is 15.0. The number of pyridine rings is 2. The Morgan fingerprint density at radius 1 is 1.04 bits per heavy atom. The Hall–Kier alpha value is -2.18. The number of halogens is 1. The maximum absolute atomic E-state index is 12.5. The number of benzene rings is 1. The first-order chi connectivity index (χ1) is 11.7. The van der Waals surface area contributed by atoms with Gasteiger partial charge in [-0.2, -0.15) is 0 Å².